The fourth-order valence-electron chi connectivity index (χ4n) is 3.37. The van der Waals surface area contributed by atoms with Gasteiger partial charge in [0.25, 0.3) is 0 Å². The van der Waals surface area contributed by atoms with Crippen LogP contribution in [0.2, 0.25) is 0 Å². The number of hydrogen-bond donors (Lipinski definition) is 2. The van der Waals surface area contributed by atoms with Crippen molar-refractivity contribution in [1.82, 2.24) is 19.7 Å². The maximum Gasteiger partial charge on any atom is 0.303 e. The largest absolute Gasteiger partial charge is 0.495 e. The Labute approximate surface area is 218 Å². The van der Waals surface area contributed by atoms with Crippen LogP contribution in [0, 0.1) is 0 Å². The number of halogens is 1. The fourth-order valence-corrected chi connectivity index (χ4v) is 3.37. The molecule has 38 heavy (non-hydrogen) atoms. The van der Waals surface area contributed by atoms with E-state index in [0.29, 0.717) is 18.1 Å². The highest BCUT2D eigenvalue weighted by Crippen LogP contribution is 2.32. The average molecular weight is 523 g/mol. The molecular weight excluding hydrogens is 495 g/mol. The topological polar surface area (TPSA) is 137 Å². The van der Waals surface area contributed by atoms with Crippen LogP contribution in [0.4, 0.5) is 4.39 Å². The van der Waals surface area contributed by atoms with E-state index in [2.05, 4.69) is 15.1 Å². The van der Waals surface area contributed by atoms with Crippen molar-refractivity contribution in [3.05, 3.63) is 79.0 Å². The number of aryl methyl sites for hydroxylation is 1. The van der Waals surface area contributed by atoms with Crippen LogP contribution >= 0.6 is 0 Å². The lowest BCUT2D eigenvalue weighted by Crippen LogP contribution is -2.01. The number of rotatable bonds is 11. The number of carboxylic acids is 2. The van der Waals surface area contributed by atoms with Crippen LogP contribution in [0.25, 0.3) is 22.4 Å². The first-order chi connectivity index (χ1) is 18.4. The lowest BCUT2D eigenvalue weighted by atomic mass is 10.0. The number of carboxylic acid groups (broad SMARTS) is 2. The fraction of sp³-hybridized carbons (Fsp3) is 0.222. The van der Waals surface area contributed by atoms with Gasteiger partial charge in [-0.15, -0.1) is 0 Å². The number of ether oxygens (including phenoxy) is 2. The molecule has 0 unspecified atom stereocenters. The minimum absolute atomic E-state index is 0.213. The molecule has 1 aromatic carbocycles. The number of hydrogen-bond acceptors (Lipinski definition) is 7. The molecule has 0 aliphatic heterocycles. The highest BCUT2D eigenvalue weighted by molar-refractivity contribution is 5.80. The van der Waals surface area contributed by atoms with Crippen molar-refractivity contribution < 1.29 is 33.7 Å². The molecule has 3 heterocycles. The molecule has 11 heteroatoms. The Balaban J connectivity index is 0.000000436. The Morgan fingerprint density at radius 2 is 1.63 bits per heavy atom. The first-order valence-electron chi connectivity index (χ1n) is 11.6. The maximum absolute atomic E-state index is 12.9. The van der Waals surface area contributed by atoms with E-state index in [-0.39, 0.29) is 19.4 Å². The Hall–Kier alpha value is -4.80. The minimum Gasteiger partial charge on any atom is -0.495 e. The van der Waals surface area contributed by atoms with E-state index < -0.39 is 18.6 Å². The van der Waals surface area contributed by atoms with Crippen LogP contribution in [0.1, 0.15) is 18.5 Å². The second kappa shape index (κ2) is 14.1. The van der Waals surface area contributed by atoms with Crippen LogP contribution in [0.5, 0.6) is 11.5 Å². The number of aliphatic carboxylic acids is 2. The molecule has 2 N–H and O–H groups in total. The van der Waals surface area contributed by atoms with Gasteiger partial charge in [-0.2, -0.15) is 5.10 Å². The van der Waals surface area contributed by atoms with Gasteiger partial charge in [0.15, 0.2) is 0 Å². The van der Waals surface area contributed by atoms with Crippen molar-refractivity contribution in [2.45, 2.75) is 26.0 Å². The van der Waals surface area contributed by atoms with Crippen LogP contribution in [0.15, 0.2) is 73.3 Å². The molecule has 0 radical (unpaired) electrons. The normalized spacial score (nSPS) is 10.3. The van der Waals surface area contributed by atoms with Gasteiger partial charge < -0.3 is 19.7 Å². The molecule has 0 spiro atoms. The molecule has 0 aliphatic rings. The van der Waals surface area contributed by atoms with Gasteiger partial charge in [0.2, 0.25) is 0 Å². The number of benzene rings is 1. The lowest BCUT2D eigenvalue weighted by Gasteiger charge is -2.09. The third-order valence-corrected chi connectivity index (χ3v) is 5.19. The number of methoxy groups -OCH3 is 1. The van der Waals surface area contributed by atoms with Gasteiger partial charge in [-0.25, -0.2) is 4.39 Å². The summed E-state index contributed by atoms with van der Waals surface area (Å²) in [6, 6.07) is 15.2. The van der Waals surface area contributed by atoms with E-state index >= 15 is 0 Å². The summed E-state index contributed by atoms with van der Waals surface area (Å²) in [6.45, 7) is 0.0443. The Morgan fingerprint density at radius 1 is 0.947 bits per heavy atom. The van der Waals surface area contributed by atoms with E-state index in [0.717, 1.165) is 28.1 Å². The van der Waals surface area contributed by atoms with E-state index in [1.165, 1.54) is 0 Å². The summed E-state index contributed by atoms with van der Waals surface area (Å²) >= 11 is 0. The standard InChI is InChI=1S/C23H21FN4O2.C4H6O4/c1-29-22-3-2-11-26-21(22)16-30-19-6-4-18(5-7-19)23-20(15-28(27-23)14-10-24)17-8-12-25-13-9-17;5-3(6)1-2-4(7)8/h2-9,11-13,15H,10,14,16H2,1H3;1-2H2,(H,5,6)(H,7,8). The predicted molar refractivity (Wildman–Crippen MR) is 136 cm³/mol. The van der Waals surface area contributed by atoms with Gasteiger partial charge in [-0.05, 0) is 54.1 Å². The SMILES string of the molecule is COc1cccnc1COc1ccc(-c2nn(CCF)cc2-c2ccncc2)cc1.O=C(O)CCC(=O)O. The van der Waals surface area contributed by atoms with Gasteiger partial charge in [0.1, 0.15) is 36.2 Å². The van der Waals surface area contributed by atoms with Crippen molar-refractivity contribution in [2.75, 3.05) is 13.8 Å². The summed E-state index contributed by atoms with van der Waals surface area (Å²) in [5.74, 6) is -0.755. The maximum atomic E-state index is 12.9. The molecule has 4 aromatic rings. The van der Waals surface area contributed by atoms with Crippen LogP contribution in [0.3, 0.4) is 0 Å². The first-order valence-corrected chi connectivity index (χ1v) is 11.6. The Kier molecular flexibility index (Phi) is 10.3. The predicted octanol–water partition coefficient (Wildman–Crippen LogP) is 4.50. The number of alkyl halides is 1. The van der Waals surface area contributed by atoms with E-state index in [1.54, 1.807) is 30.4 Å². The smallest absolute Gasteiger partial charge is 0.303 e. The third kappa shape index (κ3) is 8.12. The minimum atomic E-state index is -1.08. The zero-order valence-electron chi connectivity index (χ0n) is 20.7. The van der Waals surface area contributed by atoms with E-state index in [9.17, 15) is 14.0 Å². The highest BCUT2D eigenvalue weighted by atomic mass is 19.1. The third-order valence-electron chi connectivity index (χ3n) is 5.19. The average Bonchev–Trinajstić information content (AvgIpc) is 3.36. The van der Waals surface area contributed by atoms with Crippen molar-refractivity contribution in [2.24, 2.45) is 0 Å². The van der Waals surface area contributed by atoms with Gasteiger partial charge in [-0.3, -0.25) is 24.2 Å². The first kappa shape index (κ1) is 27.8. The Morgan fingerprint density at radius 3 is 2.24 bits per heavy atom. The van der Waals surface area contributed by atoms with Crippen molar-refractivity contribution in [3.8, 4) is 33.9 Å². The molecular formula is C27H27FN4O6. The van der Waals surface area contributed by atoms with Crippen LogP contribution in [-0.2, 0) is 22.7 Å². The summed E-state index contributed by atoms with van der Waals surface area (Å²) in [5, 5.41) is 20.4. The molecule has 0 fully saturated rings. The molecule has 3 aromatic heterocycles. The zero-order valence-corrected chi connectivity index (χ0v) is 20.7. The quantitative estimate of drug-likeness (QED) is 0.292. The number of nitrogens with zero attached hydrogens (tertiary/aromatic N) is 4. The van der Waals surface area contributed by atoms with Gasteiger partial charge in [0.05, 0.1) is 26.5 Å². The molecule has 0 saturated carbocycles. The van der Waals surface area contributed by atoms with Crippen molar-refractivity contribution in [1.29, 1.82) is 0 Å². The number of carbonyl (C=O) groups is 2. The summed E-state index contributed by atoms with van der Waals surface area (Å²) < 4.78 is 25.6. The molecule has 4 rings (SSSR count). The second-order valence-electron chi connectivity index (χ2n) is 7.83. The molecule has 0 saturated heterocycles. The van der Waals surface area contributed by atoms with Crippen LogP contribution < -0.4 is 9.47 Å². The summed E-state index contributed by atoms with van der Waals surface area (Å²) in [6.07, 6.45) is 6.44. The molecule has 0 amide bonds. The van der Waals surface area contributed by atoms with Crippen molar-refractivity contribution >= 4 is 11.9 Å². The summed E-state index contributed by atoms with van der Waals surface area (Å²) in [4.78, 5) is 27.6. The highest BCUT2D eigenvalue weighted by Gasteiger charge is 2.14. The van der Waals surface area contributed by atoms with Gasteiger partial charge in [-0.1, -0.05) is 0 Å². The molecule has 10 nitrogen and oxygen atoms in total. The second-order valence-corrected chi connectivity index (χ2v) is 7.83. The van der Waals surface area contributed by atoms with Crippen LogP contribution in [-0.4, -0.2) is 55.7 Å². The zero-order chi connectivity index (χ0) is 27.3. The molecule has 0 atom stereocenters. The summed E-state index contributed by atoms with van der Waals surface area (Å²) in [5.41, 5.74) is 4.34. The Bertz CT molecular complexity index is 1320. The number of aromatic nitrogens is 4. The van der Waals surface area contributed by atoms with Gasteiger partial charge in [0, 0.05) is 35.9 Å². The lowest BCUT2D eigenvalue weighted by molar-refractivity contribution is -0.143. The summed E-state index contributed by atoms with van der Waals surface area (Å²) in [7, 11) is 1.61. The van der Waals surface area contributed by atoms with E-state index in [4.69, 9.17) is 19.7 Å². The van der Waals surface area contributed by atoms with E-state index in [1.807, 2.05) is 54.7 Å². The molecule has 0 bridgehead atoms. The van der Waals surface area contributed by atoms with Gasteiger partial charge >= 0.3 is 11.9 Å². The number of pyridine rings is 2. The monoisotopic (exact) mass is 522 g/mol. The molecule has 198 valence electrons. The molecule has 0 aliphatic carbocycles. The van der Waals surface area contributed by atoms with Crippen molar-refractivity contribution in [3.63, 3.8) is 0 Å².